The topological polar surface area (TPSA) is 0 Å². The van der Waals surface area contributed by atoms with E-state index in [-0.39, 0.29) is 17.4 Å². The van der Waals surface area contributed by atoms with Crippen LogP contribution < -0.4 is 0 Å². The maximum atomic E-state index is 2.25. The molecule has 0 unspecified atom stereocenters. The first-order valence-corrected chi connectivity index (χ1v) is 16.1. The van der Waals surface area contributed by atoms with E-state index < -0.39 is 0 Å². The van der Waals surface area contributed by atoms with E-state index in [2.05, 4.69) is 182 Å². The Morgan fingerprint density at radius 3 is 0.500 bits per heavy atom. The molecule has 8 aromatic rings. The van der Waals surface area contributed by atoms with Gasteiger partial charge in [-0.15, -0.1) is 0 Å². The first-order chi connectivity index (χ1) is 23.4. The second-order valence-electron chi connectivity index (χ2n) is 11.4. The Kier molecular flexibility index (Phi) is 10.7. The third kappa shape index (κ3) is 6.90. The SMILES string of the molecule is [Cr].c1cc[cH-]c1.c1ccc(-c2c(-c3ccccc3)c(-c3ccccc3)c(-c3ccccc3)c(-c3ccccc3)c2-c2ccccc2)cc1. The molecule has 0 aromatic heterocycles. The van der Waals surface area contributed by atoms with Crippen LogP contribution in [0.25, 0.3) is 66.8 Å². The second kappa shape index (κ2) is 15.8. The van der Waals surface area contributed by atoms with Crippen LogP contribution in [0.1, 0.15) is 0 Å². The maximum absolute atomic E-state index is 2.25. The molecule has 0 aliphatic rings. The van der Waals surface area contributed by atoms with E-state index in [1.807, 2.05) is 30.3 Å². The summed E-state index contributed by atoms with van der Waals surface area (Å²) in [5, 5.41) is 0. The minimum Gasteiger partial charge on any atom is -0.214 e. The fraction of sp³-hybridized carbons (Fsp3) is 0. The molecule has 0 aliphatic carbocycles. The standard InChI is InChI=1S/C42H30.C5H5.Cr/c1-7-19-31(20-8-1)37-38(32-21-9-2-10-22-32)40(34-25-13-4-14-26-34)42(36-29-17-6-18-30-36)41(35-27-15-5-16-28-35)39(37)33-23-11-3-12-24-33;1-2-4-5-3-1;/h1-30H;1-5H;/q;-1;. The van der Waals surface area contributed by atoms with Crippen LogP contribution in [0.2, 0.25) is 0 Å². The molecular formula is C47H35Cr-. The van der Waals surface area contributed by atoms with Gasteiger partial charge in [0.15, 0.2) is 0 Å². The van der Waals surface area contributed by atoms with Crippen molar-refractivity contribution in [3.05, 3.63) is 212 Å². The van der Waals surface area contributed by atoms with Gasteiger partial charge in [0.05, 0.1) is 0 Å². The monoisotopic (exact) mass is 651 g/mol. The summed E-state index contributed by atoms with van der Waals surface area (Å²) in [6, 6.07) is 75.4. The van der Waals surface area contributed by atoms with E-state index >= 15 is 0 Å². The Balaban J connectivity index is 0.000000615. The predicted octanol–water partition coefficient (Wildman–Crippen LogP) is 13.1. The van der Waals surface area contributed by atoms with Crippen LogP contribution in [-0.4, -0.2) is 0 Å². The van der Waals surface area contributed by atoms with E-state index in [4.69, 9.17) is 0 Å². The maximum Gasteiger partial charge on any atom is 0 e. The Hall–Kier alpha value is -5.58. The van der Waals surface area contributed by atoms with Gasteiger partial charge in [-0.05, 0) is 66.8 Å². The van der Waals surface area contributed by atoms with Crippen LogP contribution in [0.3, 0.4) is 0 Å². The zero-order valence-electron chi connectivity index (χ0n) is 26.6. The van der Waals surface area contributed by atoms with Crippen molar-refractivity contribution in [1.82, 2.24) is 0 Å². The fourth-order valence-corrected chi connectivity index (χ4v) is 6.43. The van der Waals surface area contributed by atoms with Crippen molar-refractivity contribution in [1.29, 1.82) is 0 Å². The summed E-state index contributed by atoms with van der Waals surface area (Å²) in [6.45, 7) is 0. The molecular weight excluding hydrogens is 617 g/mol. The van der Waals surface area contributed by atoms with Crippen LogP contribution in [0, 0.1) is 0 Å². The second-order valence-corrected chi connectivity index (χ2v) is 11.4. The van der Waals surface area contributed by atoms with E-state index in [1.54, 1.807) is 0 Å². The van der Waals surface area contributed by atoms with Crippen LogP contribution in [0.5, 0.6) is 0 Å². The van der Waals surface area contributed by atoms with Crippen LogP contribution in [0.4, 0.5) is 0 Å². The van der Waals surface area contributed by atoms with Gasteiger partial charge in [0.1, 0.15) is 0 Å². The van der Waals surface area contributed by atoms with Crippen LogP contribution in [0.15, 0.2) is 212 Å². The van der Waals surface area contributed by atoms with Crippen molar-refractivity contribution in [2.45, 2.75) is 0 Å². The fourth-order valence-electron chi connectivity index (χ4n) is 6.43. The average molecular weight is 652 g/mol. The number of hydrogen-bond acceptors (Lipinski definition) is 0. The van der Waals surface area contributed by atoms with Gasteiger partial charge in [-0.3, -0.25) is 0 Å². The predicted molar refractivity (Wildman–Crippen MR) is 201 cm³/mol. The first-order valence-electron chi connectivity index (χ1n) is 16.1. The van der Waals surface area contributed by atoms with Gasteiger partial charge in [-0.2, -0.15) is 18.2 Å². The average Bonchev–Trinajstić information content (AvgIpc) is 3.77. The summed E-state index contributed by atoms with van der Waals surface area (Å²) in [6.07, 6.45) is 0. The molecule has 0 fully saturated rings. The van der Waals surface area contributed by atoms with Gasteiger partial charge in [0, 0.05) is 17.4 Å². The Bertz CT molecular complexity index is 1710. The Morgan fingerprint density at radius 2 is 0.375 bits per heavy atom. The summed E-state index contributed by atoms with van der Waals surface area (Å²) in [5.74, 6) is 0. The molecule has 0 bridgehead atoms. The van der Waals surface area contributed by atoms with Crippen molar-refractivity contribution in [3.63, 3.8) is 0 Å². The van der Waals surface area contributed by atoms with Crippen molar-refractivity contribution >= 4 is 0 Å². The van der Waals surface area contributed by atoms with Gasteiger partial charge >= 0.3 is 0 Å². The van der Waals surface area contributed by atoms with E-state index in [1.165, 1.54) is 66.8 Å². The molecule has 0 radical (unpaired) electrons. The van der Waals surface area contributed by atoms with Gasteiger partial charge in [0.25, 0.3) is 0 Å². The molecule has 0 heterocycles. The Morgan fingerprint density at radius 1 is 0.208 bits per heavy atom. The quantitative estimate of drug-likeness (QED) is 0.157. The largest absolute Gasteiger partial charge is 0.214 e. The first kappa shape index (κ1) is 32.4. The van der Waals surface area contributed by atoms with Crippen molar-refractivity contribution in [3.8, 4) is 66.8 Å². The summed E-state index contributed by atoms with van der Waals surface area (Å²) in [7, 11) is 0. The summed E-state index contributed by atoms with van der Waals surface area (Å²) < 4.78 is 0. The van der Waals surface area contributed by atoms with Gasteiger partial charge in [-0.25, -0.2) is 12.1 Å². The third-order valence-electron chi connectivity index (χ3n) is 8.43. The number of benzene rings is 7. The summed E-state index contributed by atoms with van der Waals surface area (Å²) in [5.41, 5.74) is 14.6. The smallest absolute Gasteiger partial charge is 0 e. The van der Waals surface area contributed by atoms with E-state index in [0.717, 1.165) is 0 Å². The molecule has 8 rings (SSSR count). The molecule has 0 nitrogen and oxygen atoms in total. The zero-order valence-corrected chi connectivity index (χ0v) is 27.9. The van der Waals surface area contributed by atoms with Crippen molar-refractivity contribution in [2.24, 2.45) is 0 Å². The van der Waals surface area contributed by atoms with Crippen LogP contribution in [-0.2, 0) is 17.4 Å². The minimum atomic E-state index is 0. The molecule has 1 heteroatoms. The van der Waals surface area contributed by atoms with Crippen molar-refractivity contribution < 1.29 is 17.4 Å². The number of hydrogen-bond donors (Lipinski definition) is 0. The summed E-state index contributed by atoms with van der Waals surface area (Å²) in [4.78, 5) is 0. The van der Waals surface area contributed by atoms with Gasteiger partial charge < -0.3 is 0 Å². The van der Waals surface area contributed by atoms with Crippen molar-refractivity contribution in [2.75, 3.05) is 0 Å². The molecule has 0 aliphatic heterocycles. The molecule has 0 amide bonds. The molecule has 0 saturated carbocycles. The minimum absolute atomic E-state index is 0. The van der Waals surface area contributed by atoms with Gasteiger partial charge in [0.2, 0.25) is 0 Å². The molecule has 48 heavy (non-hydrogen) atoms. The molecule has 0 saturated heterocycles. The van der Waals surface area contributed by atoms with E-state index in [9.17, 15) is 0 Å². The molecule has 0 atom stereocenters. The van der Waals surface area contributed by atoms with E-state index in [0.29, 0.717) is 0 Å². The summed E-state index contributed by atoms with van der Waals surface area (Å²) >= 11 is 0. The van der Waals surface area contributed by atoms with Gasteiger partial charge in [-0.1, -0.05) is 182 Å². The zero-order chi connectivity index (χ0) is 31.7. The third-order valence-corrected chi connectivity index (χ3v) is 8.43. The molecule has 230 valence electrons. The molecule has 8 aromatic carbocycles. The molecule has 0 spiro atoms. The molecule has 0 N–H and O–H groups in total. The number of rotatable bonds is 6. The normalized spacial score (nSPS) is 10.3. The Labute approximate surface area is 295 Å². The van der Waals surface area contributed by atoms with Crippen LogP contribution >= 0.6 is 0 Å².